The zero-order chi connectivity index (χ0) is 17.9. The van der Waals surface area contributed by atoms with Gasteiger partial charge in [0.05, 0.1) is 13.2 Å². The third-order valence-corrected chi connectivity index (χ3v) is 5.61. The molecule has 3 aromatic rings. The molecular formula is C21H21BrN2O2. The zero-order valence-electron chi connectivity index (χ0n) is 14.5. The number of aromatic nitrogens is 1. The Morgan fingerprint density at radius 1 is 1.12 bits per heavy atom. The van der Waals surface area contributed by atoms with Crippen molar-refractivity contribution >= 4 is 32.7 Å². The maximum absolute atomic E-state index is 12.7. The summed E-state index contributed by atoms with van der Waals surface area (Å²) in [7, 11) is 0. The van der Waals surface area contributed by atoms with Crippen molar-refractivity contribution in [3.8, 4) is 0 Å². The van der Waals surface area contributed by atoms with E-state index in [1.54, 1.807) is 0 Å². The number of ether oxygens (including phenoxy) is 1. The Labute approximate surface area is 161 Å². The molecule has 1 amide bonds. The monoisotopic (exact) mass is 412 g/mol. The van der Waals surface area contributed by atoms with Gasteiger partial charge in [-0.3, -0.25) is 4.79 Å². The predicted octanol–water partition coefficient (Wildman–Crippen LogP) is 4.39. The van der Waals surface area contributed by atoms with Crippen LogP contribution in [0.5, 0.6) is 0 Å². The van der Waals surface area contributed by atoms with E-state index in [9.17, 15) is 4.79 Å². The lowest BCUT2D eigenvalue weighted by Gasteiger charge is -2.33. The molecule has 1 aliphatic rings. The Balaban J connectivity index is 1.40. The smallest absolute Gasteiger partial charge is 0.224 e. The van der Waals surface area contributed by atoms with Gasteiger partial charge in [0.1, 0.15) is 6.10 Å². The van der Waals surface area contributed by atoms with Gasteiger partial charge in [-0.15, -0.1) is 0 Å². The Kier molecular flexibility index (Phi) is 5.09. The summed E-state index contributed by atoms with van der Waals surface area (Å²) in [6.45, 7) is 2.57. The number of aryl methyl sites for hydroxylation is 1. The van der Waals surface area contributed by atoms with E-state index >= 15 is 0 Å². The van der Waals surface area contributed by atoms with E-state index in [2.05, 4.69) is 51.0 Å². The average Bonchev–Trinajstić information content (AvgIpc) is 3.11. The van der Waals surface area contributed by atoms with Crippen LogP contribution in [0.1, 0.15) is 18.1 Å². The molecule has 0 spiro atoms. The number of fused-ring (bicyclic) bond motifs is 1. The fourth-order valence-corrected chi connectivity index (χ4v) is 3.99. The van der Waals surface area contributed by atoms with Crippen molar-refractivity contribution in [1.82, 2.24) is 9.47 Å². The Bertz CT molecular complexity index is 907. The molecule has 2 heterocycles. The standard InChI is InChI=1S/C21H21BrN2O2/c22-18-7-4-8-19-17(18)9-11-23(19)12-10-21(25)24-13-14-26-20(15-24)16-5-2-1-3-6-16/h1-9,11,20H,10,12-15H2/t20-/m1/s1. The van der Waals surface area contributed by atoms with Crippen LogP contribution in [-0.4, -0.2) is 35.1 Å². The highest BCUT2D eigenvalue weighted by Crippen LogP contribution is 2.25. The quantitative estimate of drug-likeness (QED) is 0.636. The van der Waals surface area contributed by atoms with E-state index in [0.29, 0.717) is 32.7 Å². The first-order chi connectivity index (χ1) is 12.7. The molecule has 1 fully saturated rings. The lowest BCUT2D eigenvalue weighted by atomic mass is 10.1. The largest absolute Gasteiger partial charge is 0.370 e. The van der Waals surface area contributed by atoms with Crippen molar-refractivity contribution in [3.63, 3.8) is 0 Å². The number of amides is 1. The van der Waals surface area contributed by atoms with Crippen LogP contribution in [-0.2, 0) is 16.1 Å². The fourth-order valence-electron chi connectivity index (χ4n) is 3.50. The maximum atomic E-state index is 12.7. The second-order valence-electron chi connectivity index (χ2n) is 6.54. The summed E-state index contributed by atoms with van der Waals surface area (Å²) in [6, 6.07) is 18.4. The topological polar surface area (TPSA) is 34.5 Å². The van der Waals surface area contributed by atoms with Crippen molar-refractivity contribution in [2.24, 2.45) is 0 Å². The molecule has 0 unspecified atom stereocenters. The summed E-state index contributed by atoms with van der Waals surface area (Å²) in [5, 5.41) is 1.18. The Morgan fingerprint density at radius 2 is 1.96 bits per heavy atom. The predicted molar refractivity (Wildman–Crippen MR) is 106 cm³/mol. The van der Waals surface area contributed by atoms with Crippen LogP contribution in [0.4, 0.5) is 0 Å². The number of hydrogen-bond acceptors (Lipinski definition) is 2. The number of nitrogens with zero attached hydrogens (tertiary/aromatic N) is 2. The van der Waals surface area contributed by atoms with Gasteiger partial charge in [0.2, 0.25) is 5.91 Å². The molecule has 4 nitrogen and oxygen atoms in total. The number of benzene rings is 2. The normalized spacial score (nSPS) is 17.6. The number of hydrogen-bond donors (Lipinski definition) is 0. The molecule has 1 atom stereocenters. The van der Waals surface area contributed by atoms with E-state index in [0.717, 1.165) is 15.6 Å². The lowest BCUT2D eigenvalue weighted by molar-refractivity contribution is -0.139. The molecule has 134 valence electrons. The van der Waals surface area contributed by atoms with Crippen molar-refractivity contribution in [2.45, 2.75) is 19.1 Å². The third kappa shape index (κ3) is 3.55. The second-order valence-corrected chi connectivity index (χ2v) is 7.40. The highest BCUT2D eigenvalue weighted by atomic mass is 79.9. The molecule has 0 aliphatic carbocycles. The number of carbonyl (C=O) groups is 1. The summed E-state index contributed by atoms with van der Waals surface area (Å²) in [5.41, 5.74) is 2.28. The molecule has 4 rings (SSSR count). The third-order valence-electron chi connectivity index (χ3n) is 4.92. The van der Waals surface area contributed by atoms with Crippen LogP contribution in [0.2, 0.25) is 0 Å². The maximum Gasteiger partial charge on any atom is 0.224 e. The van der Waals surface area contributed by atoms with E-state index in [-0.39, 0.29) is 12.0 Å². The first kappa shape index (κ1) is 17.3. The Hall–Kier alpha value is -2.11. The zero-order valence-corrected chi connectivity index (χ0v) is 16.1. The minimum Gasteiger partial charge on any atom is -0.370 e. The summed E-state index contributed by atoms with van der Waals surface area (Å²) in [5.74, 6) is 0.186. The molecule has 0 N–H and O–H groups in total. The van der Waals surface area contributed by atoms with Crippen molar-refractivity contribution in [2.75, 3.05) is 19.7 Å². The van der Waals surface area contributed by atoms with Crippen LogP contribution >= 0.6 is 15.9 Å². The molecular weight excluding hydrogens is 392 g/mol. The minimum atomic E-state index is -0.0303. The van der Waals surface area contributed by atoms with Crippen LogP contribution in [0.25, 0.3) is 10.9 Å². The van der Waals surface area contributed by atoms with Crippen molar-refractivity contribution in [3.05, 3.63) is 70.8 Å². The van der Waals surface area contributed by atoms with Gasteiger partial charge in [0.25, 0.3) is 0 Å². The van der Waals surface area contributed by atoms with Crippen LogP contribution in [0, 0.1) is 0 Å². The van der Waals surface area contributed by atoms with Crippen LogP contribution in [0.15, 0.2) is 65.3 Å². The van der Waals surface area contributed by atoms with E-state index in [4.69, 9.17) is 4.74 Å². The summed E-state index contributed by atoms with van der Waals surface area (Å²) < 4.78 is 9.09. The first-order valence-electron chi connectivity index (χ1n) is 8.90. The van der Waals surface area contributed by atoms with Gasteiger partial charge < -0.3 is 14.2 Å². The molecule has 2 aromatic carbocycles. The van der Waals surface area contributed by atoms with E-state index in [1.807, 2.05) is 35.2 Å². The number of carbonyl (C=O) groups excluding carboxylic acids is 1. The molecule has 1 aromatic heterocycles. The highest BCUT2D eigenvalue weighted by molar-refractivity contribution is 9.10. The highest BCUT2D eigenvalue weighted by Gasteiger charge is 2.25. The summed E-state index contributed by atoms with van der Waals surface area (Å²) in [4.78, 5) is 14.7. The lowest BCUT2D eigenvalue weighted by Crippen LogP contribution is -2.42. The molecule has 26 heavy (non-hydrogen) atoms. The van der Waals surface area contributed by atoms with Gasteiger partial charge in [-0.2, -0.15) is 0 Å². The molecule has 1 aliphatic heterocycles. The SMILES string of the molecule is O=C(CCn1ccc2c(Br)cccc21)N1CCO[C@@H](c2ccccc2)C1. The molecule has 0 bridgehead atoms. The van der Waals surface area contributed by atoms with Crippen LogP contribution < -0.4 is 0 Å². The van der Waals surface area contributed by atoms with Crippen LogP contribution in [0.3, 0.4) is 0 Å². The van der Waals surface area contributed by atoms with E-state index < -0.39 is 0 Å². The van der Waals surface area contributed by atoms with Gasteiger partial charge >= 0.3 is 0 Å². The second kappa shape index (κ2) is 7.64. The molecule has 0 radical (unpaired) electrons. The first-order valence-corrected chi connectivity index (χ1v) is 9.69. The molecule has 0 saturated carbocycles. The van der Waals surface area contributed by atoms with E-state index in [1.165, 1.54) is 5.39 Å². The van der Waals surface area contributed by atoms with Gasteiger partial charge in [-0.1, -0.05) is 52.3 Å². The molecule has 5 heteroatoms. The minimum absolute atomic E-state index is 0.0303. The van der Waals surface area contributed by atoms with Gasteiger partial charge in [-0.25, -0.2) is 0 Å². The average molecular weight is 413 g/mol. The van der Waals surface area contributed by atoms with Crippen molar-refractivity contribution in [1.29, 1.82) is 0 Å². The van der Waals surface area contributed by atoms with Gasteiger partial charge in [-0.05, 0) is 23.8 Å². The number of morpholine rings is 1. The van der Waals surface area contributed by atoms with Gasteiger partial charge in [0, 0.05) is 41.1 Å². The Morgan fingerprint density at radius 3 is 2.81 bits per heavy atom. The van der Waals surface area contributed by atoms with Gasteiger partial charge in [0.15, 0.2) is 0 Å². The summed E-state index contributed by atoms with van der Waals surface area (Å²) in [6.07, 6.45) is 2.52. The number of halogens is 1. The number of rotatable bonds is 4. The molecule has 1 saturated heterocycles. The summed E-state index contributed by atoms with van der Waals surface area (Å²) >= 11 is 3.58. The van der Waals surface area contributed by atoms with Crippen molar-refractivity contribution < 1.29 is 9.53 Å². The fraction of sp³-hybridized carbons (Fsp3) is 0.286.